The highest BCUT2D eigenvalue weighted by atomic mass is 32.2. The third-order valence-electron chi connectivity index (χ3n) is 5.85. The Kier molecular flexibility index (Phi) is 6.78. The topological polar surface area (TPSA) is 69.7 Å². The van der Waals surface area contributed by atoms with Crippen molar-refractivity contribution in [1.82, 2.24) is 14.5 Å². The first-order chi connectivity index (χ1) is 13.3. The van der Waals surface area contributed by atoms with Gasteiger partial charge in [-0.25, -0.2) is 8.42 Å². The van der Waals surface area contributed by atoms with Crippen LogP contribution in [0.25, 0.3) is 0 Å². The fourth-order valence-corrected chi connectivity index (χ4v) is 6.69. The van der Waals surface area contributed by atoms with Gasteiger partial charge in [0.15, 0.2) is 0 Å². The molecule has 6 nitrogen and oxygen atoms in total. The van der Waals surface area contributed by atoms with E-state index in [1.807, 2.05) is 32.9 Å². The maximum atomic E-state index is 13.4. The van der Waals surface area contributed by atoms with Crippen LogP contribution in [0.15, 0.2) is 17.0 Å². The van der Waals surface area contributed by atoms with Crippen LogP contribution in [-0.2, 0) is 14.8 Å². The Morgan fingerprint density at radius 3 is 2.32 bits per heavy atom. The second-order valence-electron chi connectivity index (χ2n) is 8.19. The number of likely N-dealkylation sites (tertiary alicyclic amines) is 1. The lowest BCUT2D eigenvalue weighted by atomic mass is 10.1. The Hall–Kier alpha value is -1.44. The van der Waals surface area contributed by atoms with Gasteiger partial charge in [0.1, 0.15) is 6.04 Å². The van der Waals surface area contributed by atoms with Crippen LogP contribution in [0.1, 0.15) is 48.8 Å². The number of amides is 1. The Labute approximate surface area is 169 Å². The number of hydrogen-bond acceptors (Lipinski definition) is 4. The monoisotopic (exact) mass is 407 g/mol. The van der Waals surface area contributed by atoms with Crippen LogP contribution in [0.5, 0.6) is 0 Å². The van der Waals surface area contributed by atoms with E-state index in [0.29, 0.717) is 30.8 Å². The average Bonchev–Trinajstić information content (AvgIpc) is 3.12. The van der Waals surface area contributed by atoms with Crippen LogP contribution in [-0.4, -0.2) is 62.3 Å². The van der Waals surface area contributed by atoms with Crippen molar-refractivity contribution < 1.29 is 13.2 Å². The lowest BCUT2D eigenvalue weighted by Gasteiger charge is -2.28. The van der Waals surface area contributed by atoms with E-state index >= 15 is 0 Å². The highest BCUT2D eigenvalue weighted by Gasteiger charge is 2.40. The summed E-state index contributed by atoms with van der Waals surface area (Å²) in [6, 6.07) is 3.18. The van der Waals surface area contributed by atoms with E-state index in [9.17, 15) is 13.2 Å². The Morgan fingerprint density at radius 1 is 1.04 bits per heavy atom. The van der Waals surface area contributed by atoms with Gasteiger partial charge in [0.25, 0.3) is 0 Å². The molecule has 0 aliphatic carbocycles. The lowest BCUT2D eigenvalue weighted by Crippen LogP contribution is -2.47. The average molecular weight is 408 g/mol. The first-order valence-electron chi connectivity index (χ1n) is 10.4. The third kappa shape index (κ3) is 4.58. The molecule has 1 aromatic carbocycles. The minimum atomic E-state index is -3.69. The summed E-state index contributed by atoms with van der Waals surface area (Å²) in [5, 5.41) is 2.98. The van der Waals surface area contributed by atoms with Gasteiger partial charge in [-0.1, -0.05) is 24.1 Å². The number of aryl methyl sites for hydroxylation is 3. The largest absolute Gasteiger partial charge is 0.353 e. The molecule has 3 rings (SSSR count). The standard InChI is InChI=1S/C21H33N3O3S/c1-16-14-17(2)20(18(3)15-16)28(26,27)24-12-7-8-19(24)21(25)22-9-13-23-10-5-4-6-11-23/h14-15,19H,4-13H2,1-3H3,(H,22,25). The van der Waals surface area contributed by atoms with Crippen LogP contribution >= 0.6 is 0 Å². The van der Waals surface area contributed by atoms with Gasteiger partial charge in [-0.2, -0.15) is 4.31 Å². The van der Waals surface area contributed by atoms with Crippen LogP contribution < -0.4 is 5.32 Å². The maximum absolute atomic E-state index is 13.4. The van der Waals surface area contributed by atoms with Crippen molar-refractivity contribution in [3.8, 4) is 0 Å². The molecule has 1 amide bonds. The Bertz CT molecular complexity index is 793. The molecule has 2 heterocycles. The second-order valence-corrected chi connectivity index (χ2v) is 10.0. The summed E-state index contributed by atoms with van der Waals surface area (Å²) in [5.74, 6) is -0.166. The van der Waals surface area contributed by atoms with E-state index in [2.05, 4.69) is 10.2 Å². The quantitative estimate of drug-likeness (QED) is 0.786. The molecule has 28 heavy (non-hydrogen) atoms. The highest BCUT2D eigenvalue weighted by molar-refractivity contribution is 7.89. The molecule has 0 radical (unpaired) electrons. The fraction of sp³-hybridized carbons (Fsp3) is 0.667. The summed E-state index contributed by atoms with van der Waals surface area (Å²) in [5.41, 5.74) is 2.53. The molecule has 2 aliphatic rings. The molecule has 2 fully saturated rings. The molecule has 0 spiro atoms. The second kappa shape index (κ2) is 8.93. The molecule has 0 saturated carbocycles. The van der Waals surface area contributed by atoms with E-state index < -0.39 is 16.1 Å². The molecule has 7 heteroatoms. The van der Waals surface area contributed by atoms with E-state index in [0.717, 1.165) is 36.3 Å². The predicted octanol–water partition coefficient (Wildman–Crippen LogP) is 2.37. The number of hydrogen-bond donors (Lipinski definition) is 1. The van der Waals surface area contributed by atoms with Crippen molar-refractivity contribution in [2.75, 3.05) is 32.7 Å². The first kappa shape index (κ1) is 21.3. The number of nitrogens with one attached hydrogen (secondary N) is 1. The molecule has 1 unspecified atom stereocenters. The molecule has 1 N–H and O–H groups in total. The van der Waals surface area contributed by atoms with Crippen molar-refractivity contribution in [2.24, 2.45) is 0 Å². The SMILES string of the molecule is Cc1cc(C)c(S(=O)(=O)N2CCCC2C(=O)NCCN2CCCCC2)c(C)c1. The number of benzene rings is 1. The molecule has 2 aliphatic heterocycles. The lowest BCUT2D eigenvalue weighted by molar-refractivity contribution is -0.124. The Morgan fingerprint density at radius 2 is 1.68 bits per heavy atom. The summed E-state index contributed by atoms with van der Waals surface area (Å²) in [7, 11) is -3.69. The highest BCUT2D eigenvalue weighted by Crippen LogP contribution is 2.30. The van der Waals surface area contributed by atoms with Crippen molar-refractivity contribution in [2.45, 2.75) is 63.8 Å². The number of nitrogens with zero attached hydrogens (tertiary/aromatic N) is 2. The number of sulfonamides is 1. The minimum absolute atomic E-state index is 0.166. The smallest absolute Gasteiger partial charge is 0.244 e. The third-order valence-corrected chi connectivity index (χ3v) is 8.07. The van der Waals surface area contributed by atoms with Gasteiger partial charge in [0.05, 0.1) is 4.90 Å². The van der Waals surface area contributed by atoms with Gasteiger partial charge < -0.3 is 10.2 Å². The zero-order valence-corrected chi connectivity index (χ0v) is 18.1. The number of rotatable bonds is 6. The maximum Gasteiger partial charge on any atom is 0.244 e. The molecule has 0 aromatic heterocycles. The minimum Gasteiger partial charge on any atom is -0.353 e. The molecule has 0 bridgehead atoms. The van der Waals surface area contributed by atoms with Crippen LogP contribution in [0, 0.1) is 20.8 Å². The first-order valence-corrected chi connectivity index (χ1v) is 11.8. The van der Waals surface area contributed by atoms with E-state index in [1.165, 1.54) is 23.6 Å². The fourth-order valence-electron chi connectivity index (χ4n) is 4.62. The molecular formula is C21H33N3O3S. The van der Waals surface area contributed by atoms with Gasteiger partial charge in [0, 0.05) is 19.6 Å². The molecule has 1 aromatic rings. The van der Waals surface area contributed by atoms with E-state index in [-0.39, 0.29) is 5.91 Å². The van der Waals surface area contributed by atoms with Crippen LogP contribution in [0.3, 0.4) is 0 Å². The van der Waals surface area contributed by atoms with Gasteiger partial charge >= 0.3 is 0 Å². The predicted molar refractivity (Wildman–Crippen MR) is 111 cm³/mol. The molecule has 156 valence electrons. The molecular weight excluding hydrogens is 374 g/mol. The normalized spacial score (nSPS) is 21.8. The zero-order chi connectivity index (χ0) is 20.3. The summed E-state index contributed by atoms with van der Waals surface area (Å²) < 4.78 is 28.1. The number of piperidine rings is 1. The van der Waals surface area contributed by atoms with Crippen LogP contribution in [0.4, 0.5) is 0 Å². The van der Waals surface area contributed by atoms with Crippen molar-refractivity contribution in [1.29, 1.82) is 0 Å². The summed E-state index contributed by atoms with van der Waals surface area (Å²) in [4.78, 5) is 15.5. The van der Waals surface area contributed by atoms with Gasteiger partial charge in [-0.15, -0.1) is 0 Å². The number of carbonyl (C=O) groups excluding carboxylic acids is 1. The number of carbonyl (C=O) groups is 1. The van der Waals surface area contributed by atoms with Gasteiger partial charge in [-0.05, 0) is 70.7 Å². The van der Waals surface area contributed by atoms with E-state index in [1.54, 1.807) is 0 Å². The van der Waals surface area contributed by atoms with E-state index in [4.69, 9.17) is 0 Å². The van der Waals surface area contributed by atoms with Gasteiger partial charge in [-0.3, -0.25) is 4.79 Å². The van der Waals surface area contributed by atoms with Crippen molar-refractivity contribution in [3.05, 3.63) is 28.8 Å². The van der Waals surface area contributed by atoms with Crippen LogP contribution in [0.2, 0.25) is 0 Å². The summed E-state index contributed by atoms with van der Waals surface area (Å²) in [6.45, 7) is 9.61. The van der Waals surface area contributed by atoms with Crippen molar-refractivity contribution >= 4 is 15.9 Å². The molecule has 1 atom stereocenters. The Balaban J connectivity index is 1.68. The summed E-state index contributed by atoms with van der Waals surface area (Å²) in [6.07, 6.45) is 5.03. The van der Waals surface area contributed by atoms with Gasteiger partial charge in [0.2, 0.25) is 15.9 Å². The zero-order valence-electron chi connectivity index (χ0n) is 17.3. The molecule has 2 saturated heterocycles. The summed E-state index contributed by atoms with van der Waals surface area (Å²) >= 11 is 0. The van der Waals surface area contributed by atoms with Crippen molar-refractivity contribution in [3.63, 3.8) is 0 Å².